The Labute approximate surface area is 216 Å². The lowest BCUT2D eigenvalue weighted by atomic mass is 10.1. The standard InChI is InChI=1S/C26H33N3O5S2/c1-4-6-15-29(5-2)36(31,32)22-10-7-19(8-11-22)25(30)28-16-13-20(14-17-28)34-26-27-23-12-9-21(33-3)18-24(23)35-26/h7-12,18,20H,4-6,13-17H2,1-3H3. The first-order valence-corrected chi connectivity index (χ1v) is 14.6. The third-order valence-electron chi connectivity index (χ3n) is 6.43. The summed E-state index contributed by atoms with van der Waals surface area (Å²) in [6, 6.07) is 12.0. The fourth-order valence-corrected chi connectivity index (χ4v) is 6.66. The van der Waals surface area contributed by atoms with Gasteiger partial charge in [-0.05, 0) is 48.9 Å². The summed E-state index contributed by atoms with van der Waals surface area (Å²) in [5, 5.41) is 0.625. The van der Waals surface area contributed by atoms with E-state index >= 15 is 0 Å². The topological polar surface area (TPSA) is 89.0 Å². The number of carbonyl (C=O) groups is 1. The Kier molecular flexibility index (Phi) is 8.48. The van der Waals surface area contributed by atoms with Crippen LogP contribution in [0.2, 0.25) is 0 Å². The van der Waals surface area contributed by atoms with Gasteiger partial charge in [0, 0.05) is 44.6 Å². The average Bonchev–Trinajstić information content (AvgIpc) is 3.30. The molecule has 2 heterocycles. The number of thiazole rings is 1. The summed E-state index contributed by atoms with van der Waals surface area (Å²) in [4.78, 5) is 19.6. The minimum absolute atomic E-state index is 0.00725. The molecule has 10 heteroatoms. The molecular formula is C26H33N3O5S2. The van der Waals surface area contributed by atoms with Gasteiger partial charge in [0.15, 0.2) is 0 Å². The summed E-state index contributed by atoms with van der Waals surface area (Å²) in [6.07, 6.45) is 3.15. The Bertz CT molecular complexity index is 1280. The van der Waals surface area contributed by atoms with Gasteiger partial charge in [-0.15, -0.1) is 0 Å². The highest BCUT2D eigenvalue weighted by Crippen LogP contribution is 2.32. The Hall–Kier alpha value is -2.69. The summed E-state index contributed by atoms with van der Waals surface area (Å²) in [5.74, 6) is 0.692. The molecule has 1 aliphatic heterocycles. The third kappa shape index (κ3) is 5.82. The van der Waals surface area contributed by atoms with Crippen LogP contribution in [0.15, 0.2) is 47.4 Å². The largest absolute Gasteiger partial charge is 0.497 e. The van der Waals surface area contributed by atoms with E-state index in [0.717, 1.165) is 28.8 Å². The van der Waals surface area contributed by atoms with Crippen LogP contribution in [0.3, 0.4) is 0 Å². The summed E-state index contributed by atoms with van der Waals surface area (Å²) >= 11 is 1.49. The molecule has 0 saturated carbocycles. The van der Waals surface area contributed by atoms with Crippen molar-refractivity contribution in [2.45, 2.75) is 50.5 Å². The molecule has 0 bridgehead atoms. The molecule has 0 N–H and O–H groups in total. The molecule has 1 fully saturated rings. The van der Waals surface area contributed by atoms with E-state index in [2.05, 4.69) is 4.98 Å². The third-order valence-corrected chi connectivity index (χ3v) is 9.32. The maximum atomic E-state index is 13.0. The van der Waals surface area contributed by atoms with E-state index in [1.54, 1.807) is 24.1 Å². The molecule has 4 rings (SSSR count). The molecule has 1 amide bonds. The maximum absolute atomic E-state index is 13.0. The highest BCUT2D eigenvalue weighted by molar-refractivity contribution is 7.89. The maximum Gasteiger partial charge on any atom is 0.274 e. The predicted molar refractivity (Wildman–Crippen MR) is 142 cm³/mol. The van der Waals surface area contributed by atoms with E-state index in [-0.39, 0.29) is 16.9 Å². The van der Waals surface area contributed by atoms with Crippen LogP contribution in [-0.4, -0.2) is 67.9 Å². The number of methoxy groups -OCH3 is 1. The zero-order chi connectivity index (χ0) is 25.7. The fourth-order valence-electron chi connectivity index (χ4n) is 4.26. The average molecular weight is 532 g/mol. The van der Waals surface area contributed by atoms with Crippen LogP contribution in [0.5, 0.6) is 10.9 Å². The van der Waals surface area contributed by atoms with Crippen molar-refractivity contribution in [2.24, 2.45) is 0 Å². The first-order chi connectivity index (χ1) is 17.3. The van der Waals surface area contributed by atoms with Crippen LogP contribution in [0, 0.1) is 0 Å². The molecule has 0 aliphatic carbocycles. The number of amides is 1. The number of carbonyl (C=O) groups excluding carboxylic acids is 1. The number of likely N-dealkylation sites (tertiary alicyclic amines) is 1. The van der Waals surface area contributed by atoms with Gasteiger partial charge in [-0.25, -0.2) is 13.4 Å². The van der Waals surface area contributed by atoms with Gasteiger partial charge in [-0.1, -0.05) is 31.6 Å². The van der Waals surface area contributed by atoms with Crippen molar-refractivity contribution in [3.05, 3.63) is 48.0 Å². The summed E-state index contributed by atoms with van der Waals surface area (Å²) in [5.41, 5.74) is 1.37. The van der Waals surface area contributed by atoms with Gasteiger partial charge in [0.05, 0.1) is 22.2 Å². The highest BCUT2D eigenvalue weighted by Gasteiger charge is 2.27. The lowest BCUT2D eigenvalue weighted by Crippen LogP contribution is -2.41. The van der Waals surface area contributed by atoms with E-state index in [4.69, 9.17) is 9.47 Å². The second-order valence-corrected chi connectivity index (χ2v) is 11.7. The van der Waals surface area contributed by atoms with Gasteiger partial charge in [-0.2, -0.15) is 4.31 Å². The normalized spacial score (nSPS) is 14.9. The molecule has 2 aromatic carbocycles. The van der Waals surface area contributed by atoms with Crippen LogP contribution >= 0.6 is 11.3 Å². The molecule has 194 valence electrons. The van der Waals surface area contributed by atoms with Gasteiger partial charge in [-0.3, -0.25) is 4.79 Å². The zero-order valence-corrected chi connectivity index (χ0v) is 22.6. The number of ether oxygens (including phenoxy) is 2. The van der Waals surface area contributed by atoms with E-state index < -0.39 is 10.0 Å². The van der Waals surface area contributed by atoms with E-state index in [9.17, 15) is 13.2 Å². The van der Waals surface area contributed by atoms with Crippen molar-refractivity contribution >= 4 is 37.5 Å². The molecule has 1 aromatic heterocycles. The Morgan fingerprint density at radius 3 is 2.50 bits per heavy atom. The van der Waals surface area contributed by atoms with E-state index in [1.807, 2.05) is 32.0 Å². The summed E-state index contributed by atoms with van der Waals surface area (Å²) in [7, 11) is -1.92. The monoisotopic (exact) mass is 531 g/mol. The summed E-state index contributed by atoms with van der Waals surface area (Å²) < 4.78 is 39.8. The number of unbranched alkanes of at least 4 members (excludes halogenated alkanes) is 1. The predicted octanol–water partition coefficient (Wildman–Crippen LogP) is 4.80. The SMILES string of the molecule is CCCCN(CC)S(=O)(=O)c1ccc(C(=O)N2CCC(Oc3nc4ccc(OC)cc4s3)CC2)cc1. The quantitative estimate of drug-likeness (QED) is 0.373. The molecule has 0 atom stereocenters. The van der Waals surface area contributed by atoms with E-state index in [0.29, 0.717) is 49.8 Å². The number of nitrogens with zero attached hydrogens (tertiary/aromatic N) is 3. The minimum Gasteiger partial charge on any atom is -0.497 e. The lowest BCUT2D eigenvalue weighted by molar-refractivity contribution is 0.0595. The van der Waals surface area contributed by atoms with Gasteiger partial charge >= 0.3 is 0 Å². The highest BCUT2D eigenvalue weighted by atomic mass is 32.2. The first kappa shape index (κ1) is 26.4. The van der Waals surface area contributed by atoms with Crippen molar-refractivity contribution in [3.8, 4) is 10.9 Å². The Morgan fingerprint density at radius 1 is 1.14 bits per heavy atom. The van der Waals surface area contributed by atoms with Crippen molar-refractivity contribution in [3.63, 3.8) is 0 Å². The second-order valence-electron chi connectivity index (χ2n) is 8.80. The zero-order valence-electron chi connectivity index (χ0n) is 21.0. The van der Waals surface area contributed by atoms with Gasteiger partial charge in [0.25, 0.3) is 11.1 Å². The Morgan fingerprint density at radius 2 is 1.86 bits per heavy atom. The smallest absolute Gasteiger partial charge is 0.274 e. The van der Waals surface area contributed by atoms with E-state index in [1.165, 1.54) is 27.8 Å². The van der Waals surface area contributed by atoms with Crippen LogP contribution < -0.4 is 9.47 Å². The van der Waals surface area contributed by atoms with Gasteiger partial charge in [0.2, 0.25) is 10.0 Å². The molecule has 0 spiro atoms. The number of benzene rings is 2. The molecule has 8 nitrogen and oxygen atoms in total. The molecule has 1 saturated heterocycles. The fraction of sp³-hybridized carbons (Fsp3) is 0.462. The van der Waals surface area contributed by atoms with Gasteiger partial charge in [0.1, 0.15) is 11.9 Å². The van der Waals surface area contributed by atoms with Crippen molar-refractivity contribution < 1.29 is 22.7 Å². The van der Waals surface area contributed by atoms with Crippen molar-refractivity contribution in [1.82, 2.24) is 14.2 Å². The lowest BCUT2D eigenvalue weighted by Gasteiger charge is -2.31. The number of sulfonamides is 1. The first-order valence-electron chi connectivity index (χ1n) is 12.4. The second kappa shape index (κ2) is 11.6. The number of hydrogen-bond acceptors (Lipinski definition) is 7. The molecular weight excluding hydrogens is 498 g/mol. The van der Waals surface area contributed by atoms with Crippen LogP contribution in [0.25, 0.3) is 10.2 Å². The number of rotatable bonds is 10. The van der Waals surface area contributed by atoms with Crippen LogP contribution in [0.1, 0.15) is 49.9 Å². The molecule has 36 heavy (non-hydrogen) atoms. The van der Waals surface area contributed by atoms with Crippen molar-refractivity contribution in [1.29, 1.82) is 0 Å². The van der Waals surface area contributed by atoms with Gasteiger partial charge < -0.3 is 14.4 Å². The number of aromatic nitrogens is 1. The van der Waals surface area contributed by atoms with Crippen LogP contribution in [-0.2, 0) is 10.0 Å². The molecule has 0 radical (unpaired) electrons. The Balaban J connectivity index is 1.34. The molecule has 0 unspecified atom stereocenters. The van der Waals surface area contributed by atoms with Crippen LogP contribution in [0.4, 0.5) is 0 Å². The minimum atomic E-state index is -3.56. The number of piperidine rings is 1. The summed E-state index contributed by atoms with van der Waals surface area (Å²) in [6.45, 7) is 5.94. The van der Waals surface area contributed by atoms with Crippen molar-refractivity contribution in [2.75, 3.05) is 33.3 Å². The number of hydrogen-bond donors (Lipinski definition) is 0. The molecule has 1 aliphatic rings. The molecule has 3 aromatic rings. The number of fused-ring (bicyclic) bond motifs is 1.